The average Bonchev–Trinajstić information content (AvgIpc) is 2.59. The third kappa shape index (κ3) is 16.8. The first kappa shape index (κ1) is 23.9. The van der Waals surface area contributed by atoms with E-state index in [4.69, 9.17) is 11.5 Å². The summed E-state index contributed by atoms with van der Waals surface area (Å²) in [5.74, 6) is 0. The first-order valence-electron chi connectivity index (χ1n) is 11.2. The van der Waals surface area contributed by atoms with Crippen molar-refractivity contribution in [2.24, 2.45) is 11.5 Å². The molecule has 0 aliphatic carbocycles. The van der Waals surface area contributed by atoms with Gasteiger partial charge in [-0.15, -0.1) is 0 Å². The maximum absolute atomic E-state index is 6.27. The minimum absolute atomic E-state index is 0.217. The van der Waals surface area contributed by atoms with Crippen LogP contribution >= 0.6 is 0 Å². The molecule has 0 fully saturated rings. The van der Waals surface area contributed by atoms with Crippen LogP contribution in [0.2, 0.25) is 0 Å². The Labute approximate surface area is 153 Å². The van der Waals surface area contributed by atoms with Crippen LogP contribution < -0.4 is 11.5 Å². The van der Waals surface area contributed by atoms with Gasteiger partial charge in [0.1, 0.15) is 0 Å². The zero-order chi connectivity index (χ0) is 17.9. The van der Waals surface area contributed by atoms with Crippen molar-refractivity contribution in [2.75, 3.05) is 0 Å². The van der Waals surface area contributed by atoms with Gasteiger partial charge in [0.2, 0.25) is 0 Å². The molecule has 4 N–H and O–H groups in total. The van der Waals surface area contributed by atoms with E-state index in [0.717, 1.165) is 12.8 Å². The van der Waals surface area contributed by atoms with Crippen LogP contribution in [0.15, 0.2) is 0 Å². The Morgan fingerprint density at radius 3 is 0.958 bits per heavy atom. The fourth-order valence-corrected chi connectivity index (χ4v) is 3.46. The number of hydrogen-bond donors (Lipinski definition) is 2. The number of nitrogens with two attached hydrogens (primary N) is 2. The molecule has 24 heavy (non-hydrogen) atoms. The van der Waals surface area contributed by atoms with E-state index in [-0.39, 0.29) is 12.1 Å². The predicted octanol–water partition coefficient (Wildman–Crippen LogP) is 6.70. The van der Waals surface area contributed by atoms with Crippen molar-refractivity contribution in [3.63, 3.8) is 0 Å². The minimum Gasteiger partial charge on any atom is -0.326 e. The van der Waals surface area contributed by atoms with Crippen LogP contribution in [0.4, 0.5) is 0 Å². The Morgan fingerprint density at radius 2 is 0.667 bits per heavy atom. The van der Waals surface area contributed by atoms with E-state index in [1.807, 2.05) is 0 Å². The van der Waals surface area contributed by atoms with Crippen LogP contribution in [0.5, 0.6) is 0 Å². The number of rotatable bonds is 19. The molecule has 0 heterocycles. The van der Waals surface area contributed by atoms with Gasteiger partial charge >= 0.3 is 0 Å². The molecule has 0 saturated heterocycles. The van der Waals surface area contributed by atoms with E-state index in [1.165, 1.54) is 103 Å². The average molecular weight is 341 g/mol. The Hall–Kier alpha value is -0.0800. The highest BCUT2D eigenvalue weighted by atomic mass is 14.8. The lowest BCUT2D eigenvalue weighted by Gasteiger charge is -2.19. The summed E-state index contributed by atoms with van der Waals surface area (Å²) in [7, 11) is 0. The highest BCUT2D eigenvalue weighted by Gasteiger charge is 2.12. The monoisotopic (exact) mass is 340 g/mol. The van der Waals surface area contributed by atoms with Gasteiger partial charge in [-0.1, -0.05) is 117 Å². The standard InChI is InChI=1S/C22H48N2/c1-3-5-7-9-11-12-14-16-18-20-22(24)21(23)19-17-15-13-10-8-6-4-2/h21-22H,3-20,23-24H2,1-2H3. The molecule has 2 heteroatoms. The molecular weight excluding hydrogens is 292 g/mol. The maximum atomic E-state index is 6.27. The Balaban J connectivity index is 3.32. The lowest BCUT2D eigenvalue weighted by Crippen LogP contribution is -2.41. The smallest absolute Gasteiger partial charge is 0.0192 e. The summed E-state index contributed by atoms with van der Waals surface area (Å²) < 4.78 is 0. The minimum atomic E-state index is 0.217. The molecule has 0 aromatic rings. The molecule has 2 atom stereocenters. The molecule has 0 aliphatic rings. The summed E-state index contributed by atoms with van der Waals surface area (Å²) in [4.78, 5) is 0. The fraction of sp³-hybridized carbons (Fsp3) is 1.00. The van der Waals surface area contributed by atoms with Crippen LogP contribution in [0.25, 0.3) is 0 Å². The third-order valence-electron chi connectivity index (χ3n) is 5.33. The molecule has 2 nitrogen and oxygen atoms in total. The fourth-order valence-electron chi connectivity index (χ4n) is 3.46. The molecule has 0 aromatic carbocycles. The van der Waals surface area contributed by atoms with E-state index < -0.39 is 0 Å². The summed E-state index contributed by atoms with van der Waals surface area (Å²) in [5.41, 5.74) is 12.5. The van der Waals surface area contributed by atoms with Crippen molar-refractivity contribution < 1.29 is 0 Å². The van der Waals surface area contributed by atoms with Gasteiger partial charge in [-0.05, 0) is 12.8 Å². The first-order chi connectivity index (χ1) is 11.7. The van der Waals surface area contributed by atoms with Crippen molar-refractivity contribution in [1.29, 1.82) is 0 Å². The molecule has 0 spiro atoms. The second-order valence-corrected chi connectivity index (χ2v) is 7.85. The zero-order valence-corrected chi connectivity index (χ0v) is 17.0. The zero-order valence-electron chi connectivity index (χ0n) is 17.0. The summed E-state index contributed by atoms with van der Waals surface area (Å²) in [6, 6.07) is 0.435. The molecule has 0 bridgehead atoms. The highest BCUT2D eigenvalue weighted by molar-refractivity contribution is 4.75. The van der Waals surface area contributed by atoms with E-state index in [0.29, 0.717) is 0 Å². The topological polar surface area (TPSA) is 52.0 Å². The number of hydrogen-bond acceptors (Lipinski definition) is 2. The molecule has 146 valence electrons. The van der Waals surface area contributed by atoms with Gasteiger partial charge in [0, 0.05) is 12.1 Å². The summed E-state index contributed by atoms with van der Waals surface area (Å²) in [6.45, 7) is 4.55. The van der Waals surface area contributed by atoms with Crippen molar-refractivity contribution in [1.82, 2.24) is 0 Å². The van der Waals surface area contributed by atoms with E-state index in [1.54, 1.807) is 0 Å². The maximum Gasteiger partial charge on any atom is 0.0192 e. The van der Waals surface area contributed by atoms with Crippen molar-refractivity contribution in [2.45, 2.75) is 142 Å². The number of unbranched alkanes of at least 4 members (excludes halogenated alkanes) is 14. The molecule has 0 rings (SSSR count). The summed E-state index contributed by atoms with van der Waals surface area (Å²) >= 11 is 0. The van der Waals surface area contributed by atoms with Crippen LogP contribution in [0, 0.1) is 0 Å². The highest BCUT2D eigenvalue weighted by Crippen LogP contribution is 2.14. The van der Waals surface area contributed by atoms with Gasteiger partial charge in [0.25, 0.3) is 0 Å². The molecule has 0 aliphatic heterocycles. The van der Waals surface area contributed by atoms with Crippen molar-refractivity contribution in [3.8, 4) is 0 Å². The van der Waals surface area contributed by atoms with Gasteiger partial charge in [0.05, 0.1) is 0 Å². The van der Waals surface area contributed by atoms with Gasteiger partial charge in [-0.25, -0.2) is 0 Å². The van der Waals surface area contributed by atoms with E-state index in [9.17, 15) is 0 Å². The molecule has 0 amide bonds. The molecule has 2 unspecified atom stereocenters. The molecule has 0 radical (unpaired) electrons. The second-order valence-electron chi connectivity index (χ2n) is 7.85. The van der Waals surface area contributed by atoms with Crippen LogP contribution in [0.1, 0.15) is 129 Å². The Morgan fingerprint density at radius 1 is 0.417 bits per heavy atom. The van der Waals surface area contributed by atoms with Gasteiger partial charge in [-0.2, -0.15) is 0 Å². The normalized spacial score (nSPS) is 14.0. The third-order valence-corrected chi connectivity index (χ3v) is 5.33. The summed E-state index contributed by atoms with van der Waals surface area (Å²) in [5, 5.41) is 0. The van der Waals surface area contributed by atoms with Crippen LogP contribution in [-0.2, 0) is 0 Å². The quantitative estimate of drug-likeness (QED) is 0.257. The van der Waals surface area contributed by atoms with Gasteiger partial charge < -0.3 is 11.5 Å². The van der Waals surface area contributed by atoms with Crippen LogP contribution in [-0.4, -0.2) is 12.1 Å². The Bertz CT molecular complexity index is 230. The molecule has 0 aromatic heterocycles. The SMILES string of the molecule is CCCCCCCCCCCC(N)C(N)CCCCCCCCC. The van der Waals surface area contributed by atoms with Gasteiger partial charge in [0.15, 0.2) is 0 Å². The molecule has 0 saturated carbocycles. The Kier molecular flexibility index (Phi) is 19.2. The lowest BCUT2D eigenvalue weighted by atomic mass is 9.96. The predicted molar refractivity (Wildman–Crippen MR) is 110 cm³/mol. The van der Waals surface area contributed by atoms with E-state index in [2.05, 4.69) is 13.8 Å². The lowest BCUT2D eigenvalue weighted by molar-refractivity contribution is 0.428. The van der Waals surface area contributed by atoms with Crippen molar-refractivity contribution in [3.05, 3.63) is 0 Å². The summed E-state index contributed by atoms with van der Waals surface area (Å²) in [6.07, 6.45) is 24.1. The van der Waals surface area contributed by atoms with Crippen molar-refractivity contribution >= 4 is 0 Å². The van der Waals surface area contributed by atoms with Gasteiger partial charge in [-0.3, -0.25) is 0 Å². The molecular formula is C22H48N2. The largest absolute Gasteiger partial charge is 0.326 e. The second kappa shape index (κ2) is 19.2. The van der Waals surface area contributed by atoms with Crippen LogP contribution in [0.3, 0.4) is 0 Å². The first-order valence-corrected chi connectivity index (χ1v) is 11.2. The van der Waals surface area contributed by atoms with E-state index >= 15 is 0 Å².